The van der Waals surface area contributed by atoms with E-state index in [1.807, 2.05) is 6.92 Å². The Morgan fingerprint density at radius 2 is 2.33 bits per heavy atom. The third-order valence-corrected chi connectivity index (χ3v) is 1.04. The van der Waals surface area contributed by atoms with E-state index in [0.717, 1.165) is 0 Å². The number of esters is 1. The summed E-state index contributed by atoms with van der Waals surface area (Å²) in [4.78, 5) is 10.6. The molecule has 0 heterocycles. The minimum atomic E-state index is -0.354. The fourth-order valence-electron chi connectivity index (χ4n) is 0.305. The zero-order valence-corrected chi connectivity index (χ0v) is 6.28. The second-order valence-electron chi connectivity index (χ2n) is 1.52. The topological polar surface area (TPSA) is 26.3 Å². The molecule has 0 aromatic carbocycles. The molecule has 9 heavy (non-hydrogen) atoms. The quantitative estimate of drug-likeness (QED) is 0.282. The van der Waals surface area contributed by atoms with Crippen LogP contribution in [0.15, 0.2) is 12.2 Å². The third kappa shape index (κ3) is 3.19. The maximum Gasteiger partial charge on any atom is 0.334 e. The number of hydrogen-bond acceptors (Lipinski definition) is 3. The highest BCUT2D eigenvalue weighted by atomic mass is 32.1. The molecule has 0 aliphatic rings. The molecule has 0 aliphatic carbocycles. The van der Waals surface area contributed by atoms with Gasteiger partial charge in [-0.2, -0.15) is 0 Å². The number of carbonyl (C=O) groups is 1. The second-order valence-corrected chi connectivity index (χ2v) is 1.78. The van der Waals surface area contributed by atoms with E-state index in [0.29, 0.717) is 12.0 Å². The van der Waals surface area contributed by atoms with E-state index in [1.165, 1.54) is 0 Å². The van der Waals surface area contributed by atoms with Crippen LogP contribution in [0.1, 0.15) is 13.3 Å². The van der Waals surface area contributed by atoms with E-state index < -0.39 is 0 Å². The summed E-state index contributed by atoms with van der Waals surface area (Å²) in [7, 11) is 0. The Labute approximate surface area is 60.3 Å². The molecule has 0 spiro atoms. The van der Waals surface area contributed by atoms with Gasteiger partial charge in [0, 0.05) is 5.57 Å². The van der Waals surface area contributed by atoms with E-state index in [4.69, 9.17) is 0 Å². The van der Waals surface area contributed by atoms with E-state index in [1.54, 1.807) is 0 Å². The molecule has 0 rings (SSSR count). The SMILES string of the molecule is C=C(CC)C(=O)OCS. The summed E-state index contributed by atoms with van der Waals surface area (Å²) >= 11 is 3.71. The zero-order valence-electron chi connectivity index (χ0n) is 5.39. The average Bonchev–Trinajstić information content (AvgIpc) is 1.87. The molecule has 0 N–H and O–H groups in total. The van der Waals surface area contributed by atoms with Crippen molar-refractivity contribution in [2.24, 2.45) is 0 Å². The van der Waals surface area contributed by atoms with Crippen LogP contribution >= 0.6 is 12.6 Å². The molecule has 0 bridgehead atoms. The predicted molar refractivity (Wildman–Crippen MR) is 39.4 cm³/mol. The minimum Gasteiger partial charge on any atom is -0.452 e. The van der Waals surface area contributed by atoms with Crippen LogP contribution < -0.4 is 0 Å². The van der Waals surface area contributed by atoms with Crippen molar-refractivity contribution >= 4 is 18.6 Å². The highest BCUT2D eigenvalue weighted by molar-refractivity contribution is 7.80. The number of ether oxygens (including phenoxy) is 1. The van der Waals surface area contributed by atoms with E-state index in [2.05, 4.69) is 23.9 Å². The Morgan fingerprint density at radius 1 is 1.78 bits per heavy atom. The zero-order chi connectivity index (χ0) is 7.28. The molecule has 2 nitrogen and oxygen atoms in total. The van der Waals surface area contributed by atoms with Crippen molar-refractivity contribution in [1.82, 2.24) is 0 Å². The highest BCUT2D eigenvalue weighted by Gasteiger charge is 2.02. The van der Waals surface area contributed by atoms with Gasteiger partial charge in [0.15, 0.2) is 0 Å². The maximum absolute atomic E-state index is 10.6. The van der Waals surface area contributed by atoms with Crippen molar-refractivity contribution in [3.63, 3.8) is 0 Å². The molecular formula is C6H10O2S. The summed E-state index contributed by atoms with van der Waals surface area (Å²) in [6.45, 7) is 5.33. The Hall–Kier alpha value is -0.440. The number of rotatable bonds is 3. The standard InChI is InChI=1S/C6H10O2S/c1-3-5(2)6(7)8-4-9/h9H,2-4H2,1H3. The Kier molecular flexibility index (Phi) is 4.22. The van der Waals surface area contributed by atoms with Gasteiger partial charge in [-0.1, -0.05) is 13.5 Å². The molecule has 0 unspecified atom stereocenters. The van der Waals surface area contributed by atoms with E-state index >= 15 is 0 Å². The number of carbonyl (C=O) groups excluding carboxylic acids is 1. The van der Waals surface area contributed by atoms with Crippen LogP contribution in [-0.4, -0.2) is 11.9 Å². The van der Waals surface area contributed by atoms with Gasteiger partial charge in [0.2, 0.25) is 0 Å². The number of hydrogen-bond donors (Lipinski definition) is 1. The van der Waals surface area contributed by atoms with Gasteiger partial charge in [-0.05, 0) is 6.42 Å². The van der Waals surface area contributed by atoms with Crippen molar-refractivity contribution in [3.05, 3.63) is 12.2 Å². The monoisotopic (exact) mass is 146 g/mol. The molecule has 0 aliphatic heterocycles. The van der Waals surface area contributed by atoms with Crippen molar-refractivity contribution in [1.29, 1.82) is 0 Å². The smallest absolute Gasteiger partial charge is 0.334 e. The summed E-state index contributed by atoms with van der Waals surface area (Å²) < 4.78 is 4.52. The van der Waals surface area contributed by atoms with Crippen LogP contribution in [0.25, 0.3) is 0 Å². The van der Waals surface area contributed by atoms with Crippen LogP contribution in [-0.2, 0) is 9.53 Å². The molecule has 0 amide bonds. The molecule has 0 aromatic rings. The maximum atomic E-state index is 10.6. The summed E-state index contributed by atoms with van der Waals surface area (Å²) in [6.07, 6.45) is 0.632. The molecule has 0 aromatic heterocycles. The van der Waals surface area contributed by atoms with Gasteiger partial charge >= 0.3 is 5.97 Å². The molecule has 0 radical (unpaired) electrons. The van der Waals surface area contributed by atoms with Gasteiger partial charge in [-0.15, -0.1) is 12.6 Å². The van der Waals surface area contributed by atoms with Gasteiger partial charge in [0.05, 0.1) is 0 Å². The van der Waals surface area contributed by atoms with Gasteiger partial charge in [-0.3, -0.25) is 0 Å². The molecule has 0 saturated carbocycles. The first-order valence-corrected chi connectivity index (χ1v) is 3.31. The lowest BCUT2D eigenvalue weighted by Crippen LogP contribution is -2.04. The van der Waals surface area contributed by atoms with Crippen molar-refractivity contribution < 1.29 is 9.53 Å². The second kappa shape index (κ2) is 4.44. The van der Waals surface area contributed by atoms with Crippen molar-refractivity contribution in [2.45, 2.75) is 13.3 Å². The minimum absolute atomic E-state index is 0.123. The highest BCUT2D eigenvalue weighted by Crippen LogP contribution is 1.99. The summed E-state index contributed by atoms with van der Waals surface area (Å²) in [5, 5.41) is 0. The van der Waals surface area contributed by atoms with Crippen LogP contribution in [0.4, 0.5) is 0 Å². The van der Waals surface area contributed by atoms with E-state index in [-0.39, 0.29) is 11.9 Å². The van der Waals surface area contributed by atoms with Gasteiger partial charge in [-0.25, -0.2) is 4.79 Å². The first-order chi connectivity index (χ1) is 4.22. The summed E-state index contributed by atoms with van der Waals surface area (Å²) in [6, 6.07) is 0. The average molecular weight is 146 g/mol. The molecule has 0 atom stereocenters. The third-order valence-electron chi connectivity index (χ3n) is 0.911. The molecule has 3 heteroatoms. The fraction of sp³-hybridized carbons (Fsp3) is 0.500. The lowest BCUT2D eigenvalue weighted by Gasteiger charge is -1.99. The lowest BCUT2D eigenvalue weighted by atomic mass is 10.2. The summed E-state index contributed by atoms with van der Waals surface area (Å²) in [5.41, 5.74) is 0.490. The number of thiol groups is 1. The molecular weight excluding hydrogens is 136 g/mol. The first-order valence-electron chi connectivity index (χ1n) is 2.68. The Bertz CT molecular complexity index is 120. The van der Waals surface area contributed by atoms with Crippen LogP contribution in [0.3, 0.4) is 0 Å². The Balaban J connectivity index is 3.60. The molecule has 0 fully saturated rings. The van der Waals surface area contributed by atoms with E-state index in [9.17, 15) is 4.79 Å². The van der Waals surface area contributed by atoms with Crippen molar-refractivity contribution in [2.75, 3.05) is 5.94 Å². The Morgan fingerprint density at radius 3 is 2.67 bits per heavy atom. The fourth-order valence-corrected chi connectivity index (χ4v) is 0.422. The van der Waals surface area contributed by atoms with Gasteiger partial charge < -0.3 is 4.74 Å². The normalized spacial score (nSPS) is 8.67. The van der Waals surface area contributed by atoms with Crippen molar-refractivity contribution in [3.8, 4) is 0 Å². The van der Waals surface area contributed by atoms with Gasteiger partial charge in [0.25, 0.3) is 0 Å². The molecule has 0 saturated heterocycles. The van der Waals surface area contributed by atoms with Gasteiger partial charge in [0.1, 0.15) is 5.94 Å². The summed E-state index contributed by atoms with van der Waals surface area (Å²) in [5.74, 6) is -0.231. The van der Waals surface area contributed by atoms with Crippen LogP contribution in [0.5, 0.6) is 0 Å². The first kappa shape index (κ1) is 8.56. The predicted octanol–water partition coefficient (Wildman–Crippen LogP) is 1.38. The van der Waals surface area contributed by atoms with Crippen LogP contribution in [0, 0.1) is 0 Å². The van der Waals surface area contributed by atoms with Crippen LogP contribution in [0.2, 0.25) is 0 Å². The lowest BCUT2D eigenvalue weighted by molar-refractivity contribution is -0.136. The molecule has 52 valence electrons. The largest absolute Gasteiger partial charge is 0.452 e.